The third-order valence-electron chi connectivity index (χ3n) is 2.73. The number of rotatable bonds is 5. The minimum Gasteiger partial charge on any atom is -0.449 e. The van der Waals surface area contributed by atoms with Gasteiger partial charge in [-0.05, 0) is 12.1 Å². The molecule has 6 heteroatoms. The number of carbonyl (C=O) groups is 1. The number of hydrogen-bond donors (Lipinski definition) is 2. The Morgan fingerprint density at radius 1 is 1.26 bits per heavy atom. The van der Waals surface area contributed by atoms with Gasteiger partial charge in [-0.25, -0.2) is 0 Å². The van der Waals surface area contributed by atoms with Crippen LogP contribution in [-0.4, -0.2) is 47.3 Å². The Morgan fingerprint density at radius 2 is 1.95 bits per heavy atom. The minimum absolute atomic E-state index is 0.143. The summed E-state index contributed by atoms with van der Waals surface area (Å²) in [7, 11) is 0. The van der Waals surface area contributed by atoms with E-state index in [-0.39, 0.29) is 38.0 Å². The highest BCUT2D eigenvalue weighted by Crippen LogP contribution is 2.27. The summed E-state index contributed by atoms with van der Waals surface area (Å²) in [5.41, 5.74) is 0.459. The van der Waals surface area contributed by atoms with Crippen LogP contribution in [0.1, 0.15) is 10.6 Å². The molecule has 0 unspecified atom stereocenters. The molecule has 0 saturated heterocycles. The fourth-order valence-electron chi connectivity index (χ4n) is 1.85. The summed E-state index contributed by atoms with van der Waals surface area (Å²) in [4.78, 5) is 13.5. The van der Waals surface area contributed by atoms with Crippen LogP contribution in [0.2, 0.25) is 5.02 Å². The van der Waals surface area contributed by atoms with Gasteiger partial charge in [-0.2, -0.15) is 0 Å². The van der Waals surface area contributed by atoms with Gasteiger partial charge in [0, 0.05) is 18.5 Å². The van der Waals surface area contributed by atoms with Crippen molar-refractivity contribution in [2.75, 3.05) is 26.3 Å². The lowest BCUT2D eigenvalue weighted by molar-refractivity contribution is 0.0656. The Hall–Kier alpha value is -1.56. The molecule has 1 heterocycles. The van der Waals surface area contributed by atoms with Crippen molar-refractivity contribution in [2.45, 2.75) is 0 Å². The maximum atomic E-state index is 12.2. The van der Waals surface area contributed by atoms with Crippen molar-refractivity contribution in [3.63, 3.8) is 0 Å². The number of aliphatic hydroxyl groups is 2. The first kappa shape index (κ1) is 13.9. The molecular formula is C13H14ClNO4. The Bertz CT molecular complexity index is 575. The monoisotopic (exact) mass is 283 g/mol. The van der Waals surface area contributed by atoms with E-state index in [1.807, 2.05) is 0 Å². The molecule has 2 rings (SSSR count). The van der Waals surface area contributed by atoms with Crippen LogP contribution in [0, 0.1) is 0 Å². The van der Waals surface area contributed by atoms with Crippen molar-refractivity contribution in [1.82, 2.24) is 4.90 Å². The lowest BCUT2D eigenvalue weighted by atomic mass is 10.2. The normalized spacial score (nSPS) is 10.9. The van der Waals surface area contributed by atoms with Crippen LogP contribution in [0.15, 0.2) is 28.7 Å². The van der Waals surface area contributed by atoms with E-state index in [1.54, 1.807) is 24.3 Å². The molecule has 5 nitrogen and oxygen atoms in total. The van der Waals surface area contributed by atoms with Crippen LogP contribution in [0.3, 0.4) is 0 Å². The summed E-state index contributed by atoms with van der Waals surface area (Å²) < 4.78 is 5.45. The highest BCUT2D eigenvalue weighted by Gasteiger charge is 2.19. The van der Waals surface area contributed by atoms with Crippen LogP contribution in [0.4, 0.5) is 0 Å². The molecule has 0 aliphatic rings. The van der Waals surface area contributed by atoms with E-state index in [9.17, 15) is 4.79 Å². The first-order valence-electron chi connectivity index (χ1n) is 5.86. The molecule has 1 aromatic carbocycles. The molecule has 2 N–H and O–H groups in total. The van der Waals surface area contributed by atoms with E-state index < -0.39 is 0 Å². The number of amides is 1. The third kappa shape index (κ3) is 2.89. The SMILES string of the molecule is O=C(c1cc2cccc(Cl)c2o1)N(CCO)CCO. The van der Waals surface area contributed by atoms with Crippen LogP contribution in [0.5, 0.6) is 0 Å². The molecule has 1 aromatic heterocycles. The van der Waals surface area contributed by atoms with Crippen molar-refractivity contribution < 1.29 is 19.4 Å². The van der Waals surface area contributed by atoms with Crippen molar-refractivity contribution in [1.29, 1.82) is 0 Å². The van der Waals surface area contributed by atoms with E-state index in [1.165, 1.54) is 4.90 Å². The van der Waals surface area contributed by atoms with Crippen LogP contribution < -0.4 is 0 Å². The van der Waals surface area contributed by atoms with Gasteiger partial charge in [0.2, 0.25) is 0 Å². The average Bonchev–Trinajstić information content (AvgIpc) is 2.83. The molecule has 0 bridgehead atoms. The smallest absolute Gasteiger partial charge is 0.289 e. The number of nitrogens with zero attached hydrogens (tertiary/aromatic N) is 1. The number of hydrogen-bond acceptors (Lipinski definition) is 4. The summed E-state index contributed by atoms with van der Waals surface area (Å²) in [6, 6.07) is 6.85. The van der Waals surface area contributed by atoms with E-state index in [0.29, 0.717) is 10.6 Å². The van der Waals surface area contributed by atoms with Crippen molar-refractivity contribution >= 4 is 28.5 Å². The fraction of sp³-hybridized carbons (Fsp3) is 0.308. The van der Waals surface area contributed by atoms with Crippen LogP contribution in [-0.2, 0) is 0 Å². The van der Waals surface area contributed by atoms with Gasteiger partial charge >= 0.3 is 0 Å². The Balaban J connectivity index is 2.32. The summed E-state index contributed by atoms with van der Waals surface area (Å²) in [5.74, 6) is -0.236. The molecule has 0 spiro atoms. The summed E-state index contributed by atoms with van der Waals surface area (Å²) in [5, 5.41) is 19.0. The van der Waals surface area contributed by atoms with Gasteiger partial charge in [0.05, 0.1) is 18.2 Å². The second-order valence-electron chi connectivity index (χ2n) is 4.01. The molecule has 0 fully saturated rings. The van der Waals surface area contributed by atoms with E-state index in [0.717, 1.165) is 5.39 Å². The molecular weight excluding hydrogens is 270 g/mol. The topological polar surface area (TPSA) is 73.9 Å². The maximum absolute atomic E-state index is 12.2. The average molecular weight is 284 g/mol. The van der Waals surface area contributed by atoms with Gasteiger partial charge in [-0.1, -0.05) is 23.7 Å². The first-order chi connectivity index (χ1) is 9.17. The second kappa shape index (κ2) is 6.06. The number of aliphatic hydroxyl groups excluding tert-OH is 2. The molecule has 1 amide bonds. The Morgan fingerprint density at radius 3 is 2.53 bits per heavy atom. The molecule has 0 atom stereocenters. The Labute approximate surface area is 115 Å². The van der Waals surface area contributed by atoms with Gasteiger partial charge in [0.25, 0.3) is 5.91 Å². The van der Waals surface area contributed by atoms with Crippen molar-refractivity contribution in [3.05, 3.63) is 35.0 Å². The predicted octanol–water partition coefficient (Wildman–Crippen LogP) is 1.51. The zero-order chi connectivity index (χ0) is 13.8. The van der Waals surface area contributed by atoms with E-state index in [4.69, 9.17) is 26.2 Å². The van der Waals surface area contributed by atoms with E-state index >= 15 is 0 Å². The minimum atomic E-state index is -0.379. The number of carbonyl (C=O) groups excluding carboxylic acids is 1. The lowest BCUT2D eigenvalue weighted by Gasteiger charge is -2.18. The number of benzene rings is 1. The Kier molecular flexibility index (Phi) is 4.42. The summed E-state index contributed by atoms with van der Waals surface area (Å²) >= 11 is 5.98. The predicted molar refractivity (Wildman–Crippen MR) is 71.3 cm³/mol. The molecule has 19 heavy (non-hydrogen) atoms. The number of furan rings is 1. The molecule has 102 valence electrons. The molecule has 0 radical (unpaired) electrons. The van der Waals surface area contributed by atoms with Crippen LogP contribution >= 0.6 is 11.6 Å². The lowest BCUT2D eigenvalue weighted by Crippen LogP contribution is -2.35. The summed E-state index contributed by atoms with van der Waals surface area (Å²) in [6.07, 6.45) is 0. The largest absolute Gasteiger partial charge is 0.449 e. The standard InChI is InChI=1S/C13H14ClNO4/c14-10-3-1-2-9-8-11(19-12(9)10)13(18)15(4-6-16)5-7-17/h1-3,8,16-17H,4-7H2. The number of halogens is 1. The van der Waals surface area contributed by atoms with E-state index in [2.05, 4.69) is 0 Å². The quantitative estimate of drug-likeness (QED) is 0.872. The fourth-order valence-corrected chi connectivity index (χ4v) is 2.07. The number of fused-ring (bicyclic) bond motifs is 1. The van der Waals surface area contributed by atoms with Gasteiger partial charge in [-0.15, -0.1) is 0 Å². The number of para-hydroxylation sites is 1. The van der Waals surface area contributed by atoms with Crippen molar-refractivity contribution in [2.24, 2.45) is 0 Å². The molecule has 0 aliphatic heterocycles. The maximum Gasteiger partial charge on any atom is 0.289 e. The highest BCUT2D eigenvalue weighted by molar-refractivity contribution is 6.34. The first-order valence-corrected chi connectivity index (χ1v) is 6.24. The highest BCUT2D eigenvalue weighted by atomic mass is 35.5. The third-order valence-corrected chi connectivity index (χ3v) is 3.03. The zero-order valence-corrected chi connectivity index (χ0v) is 10.9. The molecule has 0 aliphatic carbocycles. The summed E-state index contributed by atoms with van der Waals surface area (Å²) in [6.45, 7) is -0.0617. The van der Waals surface area contributed by atoms with Crippen LogP contribution in [0.25, 0.3) is 11.0 Å². The van der Waals surface area contributed by atoms with Gasteiger partial charge in [0.15, 0.2) is 11.3 Å². The van der Waals surface area contributed by atoms with Gasteiger partial charge < -0.3 is 19.5 Å². The van der Waals surface area contributed by atoms with Crippen molar-refractivity contribution in [3.8, 4) is 0 Å². The van der Waals surface area contributed by atoms with Gasteiger partial charge in [-0.3, -0.25) is 4.79 Å². The second-order valence-corrected chi connectivity index (χ2v) is 4.42. The van der Waals surface area contributed by atoms with Gasteiger partial charge in [0.1, 0.15) is 0 Å². The zero-order valence-electron chi connectivity index (χ0n) is 10.2. The molecule has 2 aromatic rings. The molecule has 0 saturated carbocycles.